The van der Waals surface area contributed by atoms with Crippen LogP contribution in [0.4, 0.5) is 4.79 Å². The van der Waals surface area contributed by atoms with Gasteiger partial charge >= 0.3 is 6.09 Å². The molecule has 0 aliphatic carbocycles. The van der Waals surface area contributed by atoms with Crippen LogP contribution in [0.25, 0.3) is 0 Å². The number of halogens is 1. The van der Waals surface area contributed by atoms with Gasteiger partial charge in [0, 0.05) is 0 Å². The molecule has 1 rings (SSSR count). The van der Waals surface area contributed by atoms with Crippen LogP contribution in [-0.2, 0) is 9.53 Å². The van der Waals surface area contributed by atoms with Gasteiger partial charge in [0.25, 0.3) is 0 Å². The molecule has 0 spiro atoms. The van der Waals surface area contributed by atoms with E-state index in [1.807, 2.05) is 0 Å². The third kappa shape index (κ3) is 7.23. The lowest BCUT2D eigenvalue weighted by Crippen LogP contribution is -2.47. The first-order valence-corrected chi connectivity index (χ1v) is 7.81. The molecule has 0 aromatic carbocycles. The molecule has 1 heterocycles. The molecule has 1 aromatic heterocycles. The van der Waals surface area contributed by atoms with Gasteiger partial charge in [-0.3, -0.25) is 9.59 Å². The Morgan fingerprint density at radius 2 is 1.96 bits per heavy atom. The van der Waals surface area contributed by atoms with E-state index >= 15 is 0 Å². The number of carbonyl (C=O) groups is 3. The number of nitrogens with zero attached hydrogens (tertiary/aromatic N) is 1. The molecule has 0 saturated carbocycles. The van der Waals surface area contributed by atoms with Crippen molar-refractivity contribution in [2.24, 2.45) is 0 Å². The summed E-state index contributed by atoms with van der Waals surface area (Å²) < 4.78 is 5.59. The van der Waals surface area contributed by atoms with Crippen molar-refractivity contribution in [1.82, 2.24) is 15.6 Å². The van der Waals surface area contributed by atoms with Gasteiger partial charge in [0.15, 0.2) is 5.78 Å². The van der Waals surface area contributed by atoms with Crippen LogP contribution < -0.4 is 10.6 Å². The minimum atomic E-state index is -0.826. The zero-order chi connectivity index (χ0) is 17.6. The molecule has 0 aliphatic rings. The summed E-state index contributed by atoms with van der Waals surface area (Å²) in [5.74, 6) is -0.816. The maximum Gasteiger partial charge on any atom is 0.408 e. The van der Waals surface area contributed by atoms with E-state index in [0.29, 0.717) is 4.60 Å². The summed E-state index contributed by atoms with van der Waals surface area (Å²) in [6, 6.07) is 4.11. The number of pyridine rings is 1. The molecule has 0 radical (unpaired) electrons. The summed E-state index contributed by atoms with van der Waals surface area (Å²) in [4.78, 5) is 39.4. The lowest BCUT2D eigenvalue weighted by molar-refractivity contribution is -0.122. The molecule has 0 fully saturated rings. The minimum Gasteiger partial charge on any atom is -0.444 e. The fourth-order valence-corrected chi connectivity index (χ4v) is 1.87. The number of hydrogen-bond donors (Lipinski definition) is 2. The summed E-state index contributed by atoms with van der Waals surface area (Å²) >= 11 is 3.17. The number of aromatic nitrogens is 1. The largest absolute Gasteiger partial charge is 0.444 e. The van der Waals surface area contributed by atoms with Gasteiger partial charge in [-0.25, -0.2) is 9.78 Å². The Kier molecular flexibility index (Phi) is 6.68. The number of rotatable bonds is 5. The maximum absolute atomic E-state index is 11.9. The van der Waals surface area contributed by atoms with E-state index in [0.717, 1.165) is 0 Å². The van der Waals surface area contributed by atoms with Crippen molar-refractivity contribution in [2.75, 3.05) is 6.54 Å². The Morgan fingerprint density at radius 1 is 1.30 bits per heavy atom. The molecule has 23 heavy (non-hydrogen) atoms. The van der Waals surface area contributed by atoms with Crippen LogP contribution in [0.15, 0.2) is 22.8 Å². The van der Waals surface area contributed by atoms with E-state index in [2.05, 4.69) is 31.5 Å². The van der Waals surface area contributed by atoms with Gasteiger partial charge in [-0.15, -0.1) is 0 Å². The summed E-state index contributed by atoms with van der Waals surface area (Å²) in [7, 11) is 0. The molecule has 126 valence electrons. The molecular formula is C15H20BrN3O4. The van der Waals surface area contributed by atoms with Gasteiger partial charge in [0.2, 0.25) is 5.91 Å². The molecule has 0 saturated heterocycles. The van der Waals surface area contributed by atoms with Crippen molar-refractivity contribution in [3.63, 3.8) is 0 Å². The number of Topliss-reactive ketones (excluding diaryl/α,β-unsaturated/α-hetero) is 1. The SMILES string of the molecule is C[C@H](NC(=O)OC(C)(C)C)C(=O)NCC(=O)c1cccc(Br)n1. The highest BCUT2D eigenvalue weighted by molar-refractivity contribution is 9.10. The first-order valence-electron chi connectivity index (χ1n) is 7.01. The lowest BCUT2D eigenvalue weighted by atomic mass is 10.2. The first kappa shape index (κ1) is 19.1. The summed E-state index contributed by atoms with van der Waals surface area (Å²) in [5, 5.41) is 4.86. The van der Waals surface area contributed by atoms with Gasteiger partial charge in [0.1, 0.15) is 21.9 Å². The van der Waals surface area contributed by atoms with Crippen molar-refractivity contribution in [2.45, 2.75) is 39.3 Å². The fraction of sp³-hybridized carbons (Fsp3) is 0.467. The molecule has 0 aliphatic heterocycles. The number of nitrogens with one attached hydrogen (secondary N) is 2. The van der Waals surface area contributed by atoms with Crippen molar-refractivity contribution in [3.8, 4) is 0 Å². The zero-order valence-electron chi connectivity index (χ0n) is 13.5. The average molecular weight is 386 g/mol. The third-order valence-corrected chi connectivity index (χ3v) is 2.99. The highest BCUT2D eigenvalue weighted by atomic mass is 79.9. The number of ketones is 1. The number of carbonyl (C=O) groups excluding carboxylic acids is 3. The lowest BCUT2D eigenvalue weighted by Gasteiger charge is -2.21. The predicted molar refractivity (Wildman–Crippen MR) is 88.1 cm³/mol. The Labute approximate surface area is 143 Å². The minimum absolute atomic E-state index is 0.206. The molecule has 1 atom stereocenters. The predicted octanol–water partition coefficient (Wildman–Crippen LogP) is 2.06. The molecule has 0 bridgehead atoms. The van der Waals surface area contributed by atoms with E-state index in [9.17, 15) is 14.4 Å². The summed E-state index contributed by atoms with van der Waals surface area (Å²) in [5.41, 5.74) is -0.407. The van der Waals surface area contributed by atoms with Crippen molar-refractivity contribution >= 4 is 33.7 Å². The third-order valence-electron chi connectivity index (χ3n) is 2.55. The van der Waals surface area contributed by atoms with Gasteiger partial charge in [-0.2, -0.15) is 0 Å². The van der Waals surface area contributed by atoms with Crippen molar-refractivity contribution < 1.29 is 19.1 Å². The molecule has 2 amide bonds. The Morgan fingerprint density at radius 3 is 2.52 bits per heavy atom. The van der Waals surface area contributed by atoms with E-state index in [4.69, 9.17) is 4.74 Å². The monoisotopic (exact) mass is 385 g/mol. The van der Waals surface area contributed by atoms with Crippen LogP contribution in [-0.4, -0.2) is 41.0 Å². The Hall–Kier alpha value is -1.96. The first-order chi connectivity index (χ1) is 10.6. The van der Waals surface area contributed by atoms with E-state index in [1.54, 1.807) is 39.0 Å². The fourth-order valence-electron chi connectivity index (χ4n) is 1.52. The summed E-state index contributed by atoms with van der Waals surface area (Å²) in [6.45, 7) is 6.46. The number of amides is 2. The molecular weight excluding hydrogens is 366 g/mol. The van der Waals surface area contributed by atoms with Gasteiger partial charge in [-0.05, 0) is 55.8 Å². The number of alkyl carbamates (subject to hydrolysis) is 1. The highest BCUT2D eigenvalue weighted by Gasteiger charge is 2.21. The second-order valence-corrected chi connectivity index (χ2v) is 6.67. The molecule has 1 aromatic rings. The van der Waals surface area contributed by atoms with E-state index in [1.165, 1.54) is 6.92 Å². The van der Waals surface area contributed by atoms with Crippen molar-refractivity contribution in [3.05, 3.63) is 28.5 Å². The summed E-state index contributed by atoms with van der Waals surface area (Å²) in [6.07, 6.45) is -0.694. The Balaban J connectivity index is 2.46. The molecule has 8 heteroatoms. The molecule has 2 N–H and O–H groups in total. The van der Waals surface area contributed by atoms with Crippen LogP contribution in [0.3, 0.4) is 0 Å². The quantitative estimate of drug-likeness (QED) is 0.597. The average Bonchev–Trinajstić information content (AvgIpc) is 2.42. The van der Waals surface area contributed by atoms with E-state index < -0.39 is 23.6 Å². The maximum atomic E-state index is 11.9. The van der Waals surface area contributed by atoms with Crippen LogP contribution in [0.5, 0.6) is 0 Å². The van der Waals surface area contributed by atoms with Crippen LogP contribution in [0.1, 0.15) is 38.2 Å². The zero-order valence-corrected chi connectivity index (χ0v) is 15.1. The standard InChI is InChI=1S/C15H20BrN3O4/c1-9(18-14(22)23-15(2,3)4)13(21)17-8-11(20)10-6-5-7-12(16)19-10/h5-7,9H,8H2,1-4H3,(H,17,21)(H,18,22)/t9-/m0/s1. The Bertz CT molecular complexity index is 599. The molecule has 7 nitrogen and oxygen atoms in total. The van der Waals surface area contributed by atoms with Gasteiger partial charge in [0.05, 0.1) is 6.54 Å². The van der Waals surface area contributed by atoms with Crippen LogP contribution in [0.2, 0.25) is 0 Å². The topological polar surface area (TPSA) is 97.4 Å². The van der Waals surface area contributed by atoms with E-state index in [-0.39, 0.29) is 18.0 Å². The van der Waals surface area contributed by atoms with Crippen LogP contribution in [0, 0.1) is 0 Å². The second kappa shape index (κ2) is 8.05. The smallest absolute Gasteiger partial charge is 0.408 e. The number of ether oxygens (including phenoxy) is 1. The van der Waals surface area contributed by atoms with Gasteiger partial charge in [-0.1, -0.05) is 6.07 Å². The molecule has 0 unspecified atom stereocenters. The normalized spacial score (nSPS) is 12.2. The van der Waals surface area contributed by atoms with Crippen molar-refractivity contribution in [1.29, 1.82) is 0 Å². The van der Waals surface area contributed by atoms with Crippen LogP contribution >= 0.6 is 15.9 Å². The highest BCUT2D eigenvalue weighted by Crippen LogP contribution is 2.07. The van der Waals surface area contributed by atoms with Gasteiger partial charge < -0.3 is 15.4 Å². The number of hydrogen-bond acceptors (Lipinski definition) is 5. The second-order valence-electron chi connectivity index (χ2n) is 5.85.